The van der Waals surface area contributed by atoms with E-state index in [9.17, 15) is 25.5 Å². The van der Waals surface area contributed by atoms with Gasteiger partial charge in [0.2, 0.25) is 0 Å². The lowest BCUT2D eigenvalue weighted by molar-refractivity contribution is -0.340. The molecular formula is C12H23NO10. The van der Waals surface area contributed by atoms with E-state index in [0.29, 0.717) is 0 Å². The summed E-state index contributed by atoms with van der Waals surface area (Å²) in [6, 6.07) is -1.22. The summed E-state index contributed by atoms with van der Waals surface area (Å²) in [4.78, 5) is 0. The smallest absolute Gasteiger partial charge is 0.187 e. The lowest BCUT2D eigenvalue weighted by atomic mass is 9.96. The van der Waals surface area contributed by atoms with Gasteiger partial charge >= 0.3 is 0 Å². The Morgan fingerprint density at radius 2 is 1.35 bits per heavy atom. The van der Waals surface area contributed by atoms with E-state index in [-0.39, 0.29) is 0 Å². The molecule has 2 saturated heterocycles. The van der Waals surface area contributed by atoms with Crippen LogP contribution >= 0.6 is 0 Å². The molecule has 0 radical (unpaired) electrons. The Morgan fingerprint density at radius 1 is 0.783 bits per heavy atom. The van der Waals surface area contributed by atoms with Crippen molar-refractivity contribution in [1.82, 2.24) is 0 Å². The van der Waals surface area contributed by atoms with Crippen LogP contribution in [0.1, 0.15) is 0 Å². The maximum atomic E-state index is 10.1. The third-order valence-electron chi connectivity index (χ3n) is 4.06. The predicted octanol–water partition coefficient (Wildman–Crippen LogP) is -5.43. The summed E-state index contributed by atoms with van der Waals surface area (Å²) in [6.45, 7) is -1.26. The van der Waals surface area contributed by atoms with Gasteiger partial charge in [-0.2, -0.15) is 0 Å². The first-order chi connectivity index (χ1) is 10.8. The summed E-state index contributed by atoms with van der Waals surface area (Å²) in [5, 5.41) is 67.3. The van der Waals surface area contributed by atoms with E-state index >= 15 is 0 Å². The highest BCUT2D eigenvalue weighted by Gasteiger charge is 2.49. The molecule has 2 aliphatic heterocycles. The summed E-state index contributed by atoms with van der Waals surface area (Å²) < 4.78 is 15.4. The van der Waals surface area contributed by atoms with Crippen molar-refractivity contribution in [3.63, 3.8) is 0 Å². The second kappa shape index (κ2) is 7.63. The van der Waals surface area contributed by atoms with E-state index < -0.39 is 74.6 Å². The van der Waals surface area contributed by atoms with Crippen LogP contribution in [0.5, 0.6) is 0 Å². The molecule has 11 nitrogen and oxygen atoms in total. The van der Waals surface area contributed by atoms with Crippen LogP contribution in [0.4, 0.5) is 0 Å². The zero-order valence-electron chi connectivity index (χ0n) is 12.1. The van der Waals surface area contributed by atoms with Crippen molar-refractivity contribution in [1.29, 1.82) is 0 Å². The second-order valence-electron chi connectivity index (χ2n) is 5.61. The number of aliphatic hydroxyl groups excluding tert-OH is 7. The molecule has 1 unspecified atom stereocenters. The zero-order chi connectivity index (χ0) is 17.3. The summed E-state index contributed by atoms with van der Waals surface area (Å²) in [7, 11) is 0. The number of aliphatic hydroxyl groups is 7. The van der Waals surface area contributed by atoms with Gasteiger partial charge in [0.15, 0.2) is 12.6 Å². The third-order valence-corrected chi connectivity index (χ3v) is 4.06. The molecule has 0 amide bonds. The van der Waals surface area contributed by atoms with Gasteiger partial charge in [0.25, 0.3) is 0 Å². The van der Waals surface area contributed by atoms with Crippen LogP contribution in [0.25, 0.3) is 0 Å². The van der Waals surface area contributed by atoms with Crippen molar-refractivity contribution in [3.05, 3.63) is 0 Å². The molecule has 0 bridgehead atoms. The van der Waals surface area contributed by atoms with Crippen LogP contribution < -0.4 is 5.73 Å². The standard InChI is InChI=1S/C12H23NO10/c13-5-10(7(17)4(2-15)21-11(5)20)23-12-9(19)8(18)6(16)3(1-14)22-12/h3-12,14-20H,1-2,13H2/t3-,4-,5-,6+,7+,8+,9-,10-,11?,12+/m1/s1. The SMILES string of the molecule is N[C@H]1C(O)O[C@H](CO)[C@H](O)[C@@H]1O[C@@H]1O[C@H](CO)[C@H](O)[C@H](O)[C@H]1O. The molecule has 0 aromatic carbocycles. The minimum Gasteiger partial charge on any atom is -0.394 e. The van der Waals surface area contributed by atoms with Crippen LogP contribution in [0, 0.1) is 0 Å². The molecule has 2 fully saturated rings. The van der Waals surface area contributed by atoms with Crippen molar-refractivity contribution in [2.24, 2.45) is 5.73 Å². The molecule has 0 saturated carbocycles. The fourth-order valence-corrected chi connectivity index (χ4v) is 2.61. The van der Waals surface area contributed by atoms with Crippen molar-refractivity contribution >= 4 is 0 Å². The summed E-state index contributed by atoms with van der Waals surface area (Å²) in [5.74, 6) is 0. The molecule has 0 aromatic heterocycles. The minimum atomic E-state index is -1.68. The van der Waals surface area contributed by atoms with Gasteiger partial charge in [0, 0.05) is 0 Å². The highest BCUT2D eigenvalue weighted by molar-refractivity contribution is 4.95. The number of nitrogens with two attached hydrogens (primary N) is 1. The topological polar surface area (TPSA) is 195 Å². The molecule has 23 heavy (non-hydrogen) atoms. The summed E-state index contributed by atoms with van der Waals surface area (Å²) >= 11 is 0. The predicted molar refractivity (Wildman–Crippen MR) is 70.6 cm³/mol. The van der Waals surface area contributed by atoms with Gasteiger partial charge in [-0.15, -0.1) is 0 Å². The van der Waals surface area contributed by atoms with Gasteiger partial charge in [0.1, 0.15) is 42.7 Å². The first-order valence-electron chi connectivity index (χ1n) is 7.15. The molecule has 0 spiro atoms. The third kappa shape index (κ3) is 3.65. The average molecular weight is 341 g/mol. The van der Waals surface area contributed by atoms with E-state index in [0.717, 1.165) is 0 Å². The highest BCUT2D eigenvalue weighted by Crippen LogP contribution is 2.27. The number of hydrogen-bond acceptors (Lipinski definition) is 11. The molecular weight excluding hydrogens is 318 g/mol. The van der Waals surface area contributed by atoms with Gasteiger partial charge in [-0.3, -0.25) is 0 Å². The molecule has 2 rings (SSSR count). The van der Waals surface area contributed by atoms with Crippen molar-refractivity contribution in [3.8, 4) is 0 Å². The Bertz CT molecular complexity index is 385. The van der Waals surface area contributed by atoms with Crippen LogP contribution in [0.15, 0.2) is 0 Å². The lowest BCUT2D eigenvalue weighted by Crippen LogP contribution is -2.66. The van der Waals surface area contributed by atoms with Gasteiger partial charge in [-0.25, -0.2) is 0 Å². The molecule has 136 valence electrons. The molecule has 0 aliphatic carbocycles. The Kier molecular flexibility index (Phi) is 6.27. The average Bonchev–Trinajstić information content (AvgIpc) is 2.54. The Labute approximate surface area is 131 Å². The Hall–Kier alpha value is -0.440. The van der Waals surface area contributed by atoms with Crippen LogP contribution in [0.3, 0.4) is 0 Å². The molecule has 10 atom stereocenters. The van der Waals surface area contributed by atoms with E-state index in [1.165, 1.54) is 0 Å². The molecule has 2 aliphatic rings. The van der Waals surface area contributed by atoms with Gasteiger partial charge in [-0.05, 0) is 0 Å². The molecule has 11 heteroatoms. The number of ether oxygens (including phenoxy) is 3. The van der Waals surface area contributed by atoms with E-state index in [2.05, 4.69) is 0 Å². The van der Waals surface area contributed by atoms with Crippen molar-refractivity contribution < 1.29 is 50.0 Å². The second-order valence-corrected chi connectivity index (χ2v) is 5.61. The van der Waals surface area contributed by atoms with Crippen LogP contribution in [-0.2, 0) is 14.2 Å². The van der Waals surface area contributed by atoms with Gasteiger partial charge in [0.05, 0.1) is 19.3 Å². The van der Waals surface area contributed by atoms with Gasteiger partial charge < -0.3 is 55.7 Å². The number of rotatable bonds is 4. The Morgan fingerprint density at radius 3 is 1.91 bits per heavy atom. The molecule has 0 aromatic rings. The normalized spacial score (nSPS) is 51.7. The first kappa shape index (κ1) is 18.9. The maximum absolute atomic E-state index is 10.1. The highest BCUT2D eigenvalue weighted by atomic mass is 16.7. The van der Waals surface area contributed by atoms with Crippen LogP contribution in [-0.4, -0.2) is 110 Å². The van der Waals surface area contributed by atoms with Gasteiger partial charge in [-0.1, -0.05) is 0 Å². The minimum absolute atomic E-state index is 0.612. The fraction of sp³-hybridized carbons (Fsp3) is 1.00. The lowest BCUT2D eigenvalue weighted by Gasteiger charge is -2.45. The molecule has 2 heterocycles. The van der Waals surface area contributed by atoms with E-state index in [1.807, 2.05) is 0 Å². The zero-order valence-corrected chi connectivity index (χ0v) is 12.1. The Balaban J connectivity index is 2.11. The summed E-state index contributed by atoms with van der Waals surface area (Å²) in [5.41, 5.74) is 5.68. The summed E-state index contributed by atoms with van der Waals surface area (Å²) in [6.07, 6.45) is -13.0. The van der Waals surface area contributed by atoms with Crippen LogP contribution in [0.2, 0.25) is 0 Å². The monoisotopic (exact) mass is 341 g/mol. The number of hydrogen-bond donors (Lipinski definition) is 8. The molecule has 9 N–H and O–H groups in total. The largest absolute Gasteiger partial charge is 0.394 e. The van der Waals surface area contributed by atoms with Crippen molar-refractivity contribution in [2.75, 3.05) is 13.2 Å². The quantitative estimate of drug-likeness (QED) is 0.243. The van der Waals surface area contributed by atoms with E-state index in [1.54, 1.807) is 0 Å². The maximum Gasteiger partial charge on any atom is 0.187 e. The van der Waals surface area contributed by atoms with Crippen molar-refractivity contribution in [2.45, 2.75) is 61.3 Å². The fourth-order valence-electron chi connectivity index (χ4n) is 2.61. The first-order valence-corrected chi connectivity index (χ1v) is 7.15. The van der Waals surface area contributed by atoms with E-state index in [4.69, 9.17) is 30.2 Å².